The first kappa shape index (κ1) is 19.0. The zero-order valence-corrected chi connectivity index (χ0v) is 14.5. The van der Waals surface area contributed by atoms with Gasteiger partial charge < -0.3 is 19.9 Å². The van der Waals surface area contributed by atoms with Crippen LogP contribution in [0.25, 0.3) is 0 Å². The van der Waals surface area contributed by atoms with Crippen molar-refractivity contribution < 1.29 is 28.6 Å². The van der Waals surface area contributed by atoms with Crippen LogP contribution in [0.5, 0.6) is 17.2 Å². The molecule has 1 amide bonds. The van der Waals surface area contributed by atoms with E-state index < -0.39 is 11.9 Å². The quantitative estimate of drug-likeness (QED) is 0.442. The van der Waals surface area contributed by atoms with Crippen molar-refractivity contribution in [3.8, 4) is 17.2 Å². The number of Topliss-reactive ketones (excluding diaryl/α,β-unsaturated/α-hetero) is 1. The first-order valence-electron chi connectivity index (χ1n) is 7.89. The number of rotatable bonds is 8. The molecule has 2 rings (SSSR count). The molecule has 2 aromatic rings. The number of hydrogen-bond donors (Lipinski definition) is 1. The van der Waals surface area contributed by atoms with Gasteiger partial charge in [-0.25, -0.2) is 4.79 Å². The van der Waals surface area contributed by atoms with Gasteiger partial charge >= 0.3 is 5.97 Å². The van der Waals surface area contributed by atoms with Crippen LogP contribution in [-0.4, -0.2) is 31.4 Å². The Bertz CT molecular complexity index is 813. The van der Waals surface area contributed by atoms with E-state index in [-0.39, 0.29) is 23.7 Å². The summed E-state index contributed by atoms with van der Waals surface area (Å²) in [6.45, 7) is 1.40. The van der Waals surface area contributed by atoms with Crippen molar-refractivity contribution in [1.82, 2.24) is 0 Å². The third kappa shape index (κ3) is 4.83. The van der Waals surface area contributed by atoms with Crippen LogP contribution in [0.15, 0.2) is 42.5 Å². The molecule has 0 unspecified atom stereocenters. The molecule has 7 nitrogen and oxygen atoms in total. The van der Waals surface area contributed by atoms with Gasteiger partial charge in [0, 0.05) is 18.1 Å². The Labute approximate surface area is 150 Å². The zero-order chi connectivity index (χ0) is 19.1. The molecule has 0 heterocycles. The molecular weight excluding hydrogens is 338 g/mol. The number of ketones is 1. The standard InChI is InChI=1S/C19H19NO6/c1-3-16(21)12-4-6-13(7-5-12)25-11-18(22)26-17-10-14(24-2)8-9-15(17)19(20)23/h4-10H,3,11H2,1-2H3,(H2,20,23). The third-order valence-electron chi connectivity index (χ3n) is 3.53. The summed E-state index contributed by atoms with van der Waals surface area (Å²) in [5.74, 6) is -0.602. The number of carbonyl (C=O) groups excluding carboxylic acids is 3. The number of carbonyl (C=O) groups is 3. The topological polar surface area (TPSA) is 105 Å². The maximum absolute atomic E-state index is 12.0. The van der Waals surface area contributed by atoms with E-state index in [9.17, 15) is 14.4 Å². The maximum atomic E-state index is 12.0. The van der Waals surface area contributed by atoms with E-state index in [4.69, 9.17) is 19.9 Å². The highest BCUT2D eigenvalue weighted by atomic mass is 16.6. The smallest absolute Gasteiger partial charge is 0.349 e. The summed E-state index contributed by atoms with van der Waals surface area (Å²) in [6.07, 6.45) is 0.412. The minimum atomic E-state index is -0.729. The van der Waals surface area contributed by atoms with E-state index in [1.807, 2.05) is 0 Å². The van der Waals surface area contributed by atoms with Crippen molar-refractivity contribution in [2.24, 2.45) is 5.73 Å². The lowest BCUT2D eigenvalue weighted by Gasteiger charge is -2.10. The predicted molar refractivity (Wildman–Crippen MR) is 93.7 cm³/mol. The minimum Gasteiger partial charge on any atom is -0.497 e. The van der Waals surface area contributed by atoms with Gasteiger partial charge in [-0.1, -0.05) is 6.92 Å². The molecule has 0 bridgehead atoms. The number of methoxy groups -OCH3 is 1. The molecule has 0 radical (unpaired) electrons. The molecule has 2 aromatic carbocycles. The lowest BCUT2D eigenvalue weighted by atomic mass is 10.1. The van der Waals surface area contributed by atoms with Crippen molar-refractivity contribution in [2.75, 3.05) is 13.7 Å². The second-order valence-electron chi connectivity index (χ2n) is 5.29. The fourth-order valence-corrected chi connectivity index (χ4v) is 2.15. The van der Waals surface area contributed by atoms with E-state index in [0.29, 0.717) is 23.5 Å². The summed E-state index contributed by atoms with van der Waals surface area (Å²) in [6, 6.07) is 10.8. The Balaban J connectivity index is 2.01. The van der Waals surface area contributed by atoms with Crippen LogP contribution < -0.4 is 19.9 Å². The van der Waals surface area contributed by atoms with Crippen LogP contribution in [0.2, 0.25) is 0 Å². The molecule has 26 heavy (non-hydrogen) atoms. The first-order chi connectivity index (χ1) is 12.4. The monoisotopic (exact) mass is 357 g/mol. The summed E-state index contributed by atoms with van der Waals surface area (Å²) in [5, 5.41) is 0. The van der Waals surface area contributed by atoms with Gasteiger partial charge in [-0.2, -0.15) is 0 Å². The van der Waals surface area contributed by atoms with Gasteiger partial charge in [0.1, 0.15) is 17.2 Å². The number of amides is 1. The molecule has 0 fully saturated rings. The summed E-state index contributed by atoms with van der Waals surface area (Å²) in [7, 11) is 1.45. The summed E-state index contributed by atoms with van der Waals surface area (Å²) < 4.78 is 15.5. The number of ether oxygens (including phenoxy) is 3. The largest absolute Gasteiger partial charge is 0.497 e. The zero-order valence-electron chi connectivity index (χ0n) is 14.5. The number of benzene rings is 2. The van der Waals surface area contributed by atoms with Gasteiger partial charge in [-0.05, 0) is 36.4 Å². The number of hydrogen-bond acceptors (Lipinski definition) is 6. The first-order valence-corrected chi connectivity index (χ1v) is 7.89. The Morgan fingerprint density at radius 1 is 1.00 bits per heavy atom. The van der Waals surface area contributed by atoms with Gasteiger partial charge in [-0.15, -0.1) is 0 Å². The highest BCUT2D eigenvalue weighted by Crippen LogP contribution is 2.24. The lowest BCUT2D eigenvalue weighted by Crippen LogP contribution is -2.20. The highest BCUT2D eigenvalue weighted by Gasteiger charge is 2.15. The normalized spacial score (nSPS) is 10.1. The van der Waals surface area contributed by atoms with E-state index in [0.717, 1.165) is 0 Å². The summed E-state index contributed by atoms with van der Waals surface area (Å²) >= 11 is 0. The number of primary amides is 1. The molecule has 0 aromatic heterocycles. The molecule has 7 heteroatoms. The summed E-state index contributed by atoms with van der Waals surface area (Å²) in [5.41, 5.74) is 5.90. The van der Waals surface area contributed by atoms with E-state index >= 15 is 0 Å². The Morgan fingerprint density at radius 2 is 1.65 bits per heavy atom. The second kappa shape index (κ2) is 8.66. The minimum absolute atomic E-state index is 0.00524. The van der Waals surface area contributed by atoms with Crippen molar-refractivity contribution in [1.29, 1.82) is 0 Å². The van der Waals surface area contributed by atoms with Crippen molar-refractivity contribution in [2.45, 2.75) is 13.3 Å². The molecule has 0 saturated heterocycles. The van der Waals surface area contributed by atoms with Gasteiger partial charge in [0.15, 0.2) is 12.4 Å². The predicted octanol–water partition coefficient (Wildman–Crippen LogP) is 2.37. The van der Waals surface area contributed by atoms with Gasteiger partial charge in [0.25, 0.3) is 5.91 Å². The van der Waals surface area contributed by atoms with Crippen LogP contribution >= 0.6 is 0 Å². The molecule has 136 valence electrons. The van der Waals surface area contributed by atoms with Gasteiger partial charge in [0.2, 0.25) is 0 Å². The van der Waals surface area contributed by atoms with Crippen molar-refractivity contribution in [3.05, 3.63) is 53.6 Å². The number of nitrogens with two attached hydrogens (primary N) is 1. The average molecular weight is 357 g/mol. The second-order valence-corrected chi connectivity index (χ2v) is 5.29. The Hall–Kier alpha value is -3.35. The van der Waals surface area contributed by atoms with Gasteiger partial charge in [-0.3, -0.25) is 9.59 Å². The molecule has 0 aliphatic rings. The van der Waals surface area contributed by atoms with Crippen molar-refractivity contribution in [3.63, 3.8) is 0 Å². The van der Waals surface area contributed by atoms with E-state index in [2.05, 4.69) is 0 Å². The summed E-state index contributed by atoms with van der Waals surface area (Å²) in [4.78, 5) is 35.0. The number of esters is 1. The van der Waals surface area contributed by atoms with Crippen LogP contribution in [0, 0.1) is 0 Å². The Kier molecular flexibility index (Phi) is 6.32. The van der Waals surface area contributed by atoms with Crippen LogP contribution in [0.4, 0.5) is 0 Å². The van der Waals surface area contributed by atoms with Crippen molar-refractivity contribution >= 4 is 17.7 Å². The fourth-order valence-electron chi connectivity index (χ4n) is 2.15. The average Bonchev–Trinajstić information content (AvgIpc) is 2.65. The SMILES string of the molecule is CCC(=O)c1ccc(OCC(=O)Oc2cc(OC)ccc2C(N)=O)cc1. The van der Waals surface area contributed by atoms with Crippen LogP contribution in [-0.2, 0) is 4.79 Å². The fraction of sp³-hybridized carbons (Fsp3) is 0.211. The van der Waals surface area contributed by atoms with E-state index in [1.165, 1.54) is 25.3 Å². The van der Waals surface area contributed by atoms with Crippen LogP contribution in [0.3, 0.4) is 0 Å². The molecule has 0 aliphatic carbocycles. The Morgan fingerprint density at radius 3 is 2.23 bits per heavy atom. The van der Waals surface area contributed by atoms with E-state index in [1.54, 1.807) is 31.2 Å². The highest BCUT2D eigenvalue weighted by molar-refractivity contribution is 5.97. The lowest BCUT2D eigenvalue weighted by molar-refractivity contribution is -0.136. The van der Waals surface area contributed by atoms with Gasteiger partial charge in [0.05, 0.1) is 12.7 Å². The third-order valence-corrected chi connectivity index (χ3v) is 3.53. The maximum Gasteiger partial charge on any atom is 0.349 e. The molecule has 2 N–H and O–H groups in total. The molecule has 0 aliphatic heterocycles. The molecule has 0 atom stereocenters. The molecular formula is C19H19NO6. The molecule has 0 spiro atoms. The molecule has 0 saturated carbocycles. The van der Waals surface area contributed by atoms with Crippen LogP contribution in [0.1, 0.15) is 34.1 Å².